The summed E-state index contributed by atoms with van der Waals surface area (Å²) in [5, 5.41) is 1.19. The van der Waals surface area contributed by atoms with Gasteiger partial charge in [0.1, 0.15) is 0 Å². The highest BCUT2D eigenvalue weighted by Crippen LogP contribution is 2.34. The van der Waals surface area contributed by atoms with Gasteiger partial charge in [-0.25, -0.2) is 0 Å². The summed E-state index contributed by atoms with van der Waals surface area (Å²) in [6.45, 7) is 4.52. The molecule has 0 saturated heterocycles. The van der Waals surface area contributed by atoms with Crippen molar-refractivity contribution in [3.63, 3.8) is 0 Å². The van der Waals surface area contributed by atoms with E-state index in [-0.39, 0.29) is 36.9 Å². The quantitative estimate of drug-likeness (QED) is 0.410. The van der Waals surface area contributed by atoms with E-state index in [1.54, 1.807) is 24.3 Å². The minimum absolute atomic E-state index is 0.0781. The van der Waals surface area contributed by atoms with Gasteiger partial charge in [0.05, 0.1) is 23.7 Å². The molecule has 1 N–H and O–H groups in total. The number of H-pyrrole nitrogens is 1. The molecule has 7 rings (SSSR count). The van der Waals surface area contributed by atoms with Gasteiger partial charge < -0.3 is 9.88 Å². The number of carbonyl (C=O) groups excluding carboxylic acids is 3. The van der Waals surface area contributed by atoms with Gasteiger partial charge in [-0.15, -0.1) is 0 Å². The van der Waals surface area contributed by atoms with Crippen molar-refractivity contribution in [3.8, 4) is 0 Å². The summed E-state index contributed by atoms with van der Waals surface area (Å²) in [5.74, 6) is -0.444. The molecule has 0 fully saturated rings. The second-order valence-corrected chi connectivity index (χ2v) is 10.9. The predicted octanol–water partition coefficient (Wildman–Crippen LogP) is 4.26. The van der Waals surface area contributed by atoms with Gasteiger partial charge in [-0.2, -0.15) is 0 Å². The molecule has 1 aromatic heterocycles. The smallest absolute Gasteiger partial charge is 0.261 e. The average Bonchev–Trinajstić information content (AvgIpc) is 3.43. The van der Waals surface area contributed by atoms with Crippen LogP contribution in [0.1, 0.15) is 54.7 Å². The number of carbonyl (C=O) groups is 3. The Morgan fingerprint density at radius 1 is 0.923 bits per heavy atom. The van der Waals surface area contributed by atoms with E-state index < -0.39 is 0 Å². The van der Waals surface area contributed by atoms with Gasteiger partial charge in [-0.05, 0) is 48.7 Å². The molecule has 196 valence electrons. The van der Waals surface area contributed by atoms with Crippen molar-refractivity contribution in [2.24, 2.45) is 0 Å². The SMILES string of the molecule is Cc1ccc2[nH]c3c(c2c1)CN(C(=O)CN1CCc2ccccc2[C@H]1CN1C(=O)c2ccccc2C1=O)CC3. The van der Waals surface area contributed by atoms with E-state index >= 15 is 0 Å². The number of nitrogens with one attached hydrogen (secondary N) is 1. The van der Waals surface area contributed by atoms with E-state index in [0.29, 0.717) is 30.8 Å². The first-order valence-electron chi connectivity index (χ1n) is 13.6. The number of aromatic nitrogens is 1. The van der Waals surface area contributed by atoms with Crippen LogP contribution in [0.2, 0.25) is 0 Å². The first-order chi connectivity index (χ1) is 19.0. The number of benzene rings is 3. The average molecular weight is 519 g/mol. The van der Waals surface area contributed by atoms with Crippen molar-refractivity contribution in [3.05, 3.63) is 106 Å². The topological polar surface area (TPSA) is 76.7 Å². The molecule has 4 heterocycles. The summed E-state index contributed by atoms with van der Waals surface area (Å²) >= 11 is 0. The van der Waals surface area contributed by atoms with Crippen LogP contribution >= 0.6 is 0 Å². The zero-order chi connectivity index (χ0) is 26.7. The summed E-state index contributed by atoms with van der Waals surface area (Å²) in [6, 6.07) is 21.4. The van der Waals surface area contributed by atoms with Crippen LogP contribution in [0.4, 0.5) is 0 Å². The van der Waals surface area contributed by atoms with Crippen molar-refractivity contribution < 1.29 is 14.4 Å². The Balaban J connectivity index is 1.14. The number of hydrogen-bond donors (Lipinski definition) is 1. The van der Waals surface area contributed by atoms with Crippen LogP contribution < -0.4 is 0 Å². The number of nitrogens with zero attached hydrogens (tertiary/aromatic N) is 3. The summed E-state index contributed by atoms with van der Waals surface area (Å²) in [7, 11) is 0. The first kappa shape index (κ1) is 23.9. The van der Waals surface area contributed by atoms with Gasteiger partial charge in [-0.3, -0.25) is 24.2 Å². The molecule has 0 saturated carbocycles. The normalized spacial score (nSPS) is 18.8. The second-order valence-electron chi connectivity index (χ2n) is 10.9. The number of aryl methyl sites for hydroxylation is 1. The monoisotopic (exact) mass is 518 g/mol. The van der Waals surface area contributed by atoms with Gasteiger partial charge in [0.2, 0.25) is 5.91 Å². The highest BCUT2D eigenvalue weighted by atomic mass is 16.2. The number of hydrogen-bond acceptors (Lipinski definition) is 4. The van der Waals surface area contributed by atoms with Crippen molar-refractivity contribution in [2.75, 3.05) is 26.2 Å². The molecule has 39 heavy (non-hydrogen) atoms. The van der Waals surface area contributed by atoms with Crippen LogP contribution in [0.3, 0.4) is 0 Å². The molecule has 0 bridgehead atoms. The van der Waals surface area contributed by atoms with E-state index in [1.807, 2.05) is 17.0 Å². The van der Waals surface area contributed by atoms with Gasteiger partial charge in [0.15, 0.2) is 0 Å². The van der Waals surface area contributed by atoms with Gasteiger partial charge in [0, 0.05) is 54.8 Å². The van der Waals surface area contributed by atoms with Gasteiger partial charge in [-0.1, -0.05) is 48.0 Å². The van der Waals surface area contributed by atoms with E-state index in [9.17, 15) is 14.4 Å². The van der Waals surface area contributed by atoms with Crippen LogP contribution in [-0.4, -0.2) is 63.6 Å². The molecule has 0 spiro atoms. The summed E-state index contributed by atoms with van der Waals surface area (Å²) in [5.41, 5.74) is 7.94. The number of fused-ring (bicyclic) bond motifs is 5. The van der Waals surface area contributed by atoms with E-state index in [4.69, 9.17) is 0 Å². The summed E-state index contributed by atoms with van der Waals surface area (Å²) in [6.07, 6.45) is 1.63. The van der Waals surface area contributed by atoms with Gasteiger partial charge in [0.25, 0.3) is 11.8 Å². The molecule has 3 aromatic carbocycles. The zero-order valence-corrected chi connectivity index (χ0v) is 21.9. The zero-order valence-electron chi connectivity index (χ0n) is 21.9. The molecule has 0 radical (unpaired) electrons. The van der Waals surface area contributed by atoms with Crippen molar-refractivity contribution >= 4 is 28.6 Å². The molecule has 0 unspecified atom stereocenters. The highest BCUT2D eigenvalue weighted by molar-refractivity contribution is 6.21. The fourth-order valence-electron chi connectivity index (χ4n) is 6.50. The van der Waals surface area contributed by atoms with Gasteiger partial charge >= 0.3 is 0 Å². The van der Waals surface area contributed by atoms with Crippen molar-refractivity contribution in [1.82, 2.24) is 19.7 Å². The van der Waals surface area contributed by atoms with E-state index in [2.05, 4.69) is 47.1 Å². The predicted molar refractivity (Wildman–Crippen MR) is 148 cm³/mol. The molecule has 3 aliphatic rings. The molecule has 0 aliphatic carbocycles. The Hall–Kier alpha value is -4.23. The van der Waals surface area contributed by atoms with Crippen LogP contribution in [0, 0.1) is 6.92 Å². The minimum atomic E-state index is -0.261. The fraction of sp³-hybridized carbons (Fsp3) is 0.281. The number of aromatic amines is 1. The van der Waals surface area contributed by atoms with E-state index in [0.717, 1.165) is 23.9 Å². The van der Waals surface area contributed by atoms with Crippen molar-refractivity contribution in [1.29, 1.82) is 0 Å². The number of amides is 3. The third kappa shape index (κ3) is 3.96. The van der Waals surface area contributed by atoms with Crippen LogP contribution in [-0.2, 0) is 24.2 Å². The summed E-state index contributed by atoms with van der Waals surface area (Å²) in [4.78, 5) is 49.1. The van der Waals surface area contributed by atoms with Crippen LogP contribution in [0.25, 0.3) is 10.9 Å². The molecule has 7 heteroatoms. The molecular formula is C32H30N4O3. The standard InChI is InChI=1S/C32H30N4O3/c1-20-10-11-27-25(16-20)26-17-35(15-13-28(26)33-27)30(37)19-34-14-12-21-6-2-3-7-22(21)29(34)18-36-31(38)23-8-4-5-9-24(23)32(36)39/h2-11,16,29,33H,12-15,17-19H2,1H3/t29-/m1/s1. The fourth-order valence-corrected chi connectivity index (χ4v) is 6.50. The second kappa shape index (κ2) is 9.20. The summed E-state index contributed by atoms with van der Waals surface area (Å²) < 4.78 is 0. The molecule has 4 aromatic rings. The van der Waals surface area contributed by atoms with Crippen molar-refractivity contribution in [2.45, 2.75) is 32.4 Å². The molecule has 3 amide bonds. The lowest BCUT2D eigenvalue weighted by Gasteiger charge is -2.39. The maximum absolute atomic E-state index is 13.7. The Bertz CT molecular complexity index is 1620. The third-order valence-electron chi connectivity index (χ3n) is 8.58. The maximum atomic E-state index is 13.7. The third-order valence-corrected chi connectivity index (χ3v) is 8.58. The molecule has 1 atom stereocenters. The first-order valence-corrected chi connectivity index (χ1v) is 13.6. The minimum Gasteiger partial charge on any atom is -0.358 e. The molecule has 7 nitrogen and oxygen atoms in total. The highest BCUT2D eigenvalue weighted by Gasteiger charge is 2.40. The Morgan fingerprint density at radius 2 is 1.67 bits per heavy atom. The van der Waals surface area contributed by atoms with Crippen LogP contribution in [0.5, 0.6) is 0 Å². The lowest BCUT2D eigenvalue weighted by Crippen LogP contribution is -2.49. The molecule has 3 aliphatic heterocycles. The Kier molecular flexibility index (Phi) is 5.63. The lowest BCUT2D eigenvalue weighted by atomic mass is 9.92. The Labute approximate surface area is 227 Å². The number of rotatable bonds is 4. The van der Waals surface area contributed by atoms with Crippen LogP contribution in [0.15, 0.2) is 66.7 Å². The largest absolute Gasteiger partial charge is 0.358 e. The molecular weight excluding hydrogens is 488 g/mol. The lowest BCUT2D eigenvalue weighted by molar-refractivity contribution is -0.134. The maximum Gasteiger partial charge on any atom is 0.261 e. The number of imide groups is 1. The van der Waals surface area contributed by atoms with E-state index in [1.165, 1.54) is 32.7 Å². The Morgan fingerprint density at radius 3 is 2.46 bits per heavy atom.